The van der Waals surface area contributed by atoms with Gasteiger partial charge in [-0.3, -0.25) is 14.6 Å². The van der Waals surface area contributed by atoms with E-state index in [0.29, 0.717) is 17.5 Å². The van der Waals surface area contributed by atoms with Gasteiger partial charge < -0.3 is 19.8 Å². The Balaban J connectivity index is 1.64. The number of hydrogen-bond donors (Lipinski definition) is 2. The largest absolute Gasteiger partial charge is 0.508 e. The molecule has 2 aliphatic rings. The fraction of sp³-hybridized carbons (Fsp3) is 0.192. The van der Waals surface area contributed by atoms with Crippen molar-refractivity contribution in [3.05, 3.63) is 94.8 Å². The molecule has 0 spiro atoms. The van der Waals surface area contributed by atoms with Crippen LogP contribution in [0.25, 0.3) is 5.76 Å². The third kappa shape index (κ3) is 3.71. The number of ether oxygens (including phenoxy) is 1. The molecule has 1 saturated heterocycles. The molecule has 2 aliphatic heterocycles. The second-order valence-corrected chi connectivity index (χ2v) is 8.33. The maximum absolute atomic E-state index is 13.2. The van der Waals surface area contributed by atoms with Crippen molar-refractivity contribution in [3.8, 4) is 11.5 Å². The van der Waals surface area contributed by atoms with E-state index in [0.717, 1.165) is 16.9 Å². The third-order valence-corrected chi connectivity index (χ3v) is 6.00. The van der Waals surface area contributed by atoms with E-state index in [9.17, 15) is 19.8 Å². The molecule has 3 aromatic rings. The highest BCUT2D eigenvalue weighted by molar-refractivity contribution is 6.46. The van der Waals surface area contributed by atoms with Crippen LogP contribution in [0.2, 0.25) is 0 Å². The van der Waals surface area contributed by atoms with Gasteiger partial charge in [0, 0.05) is 30.9 Å². The number of pyridine rings is 1. The van der Waals surface area contributed by atoms with E-state index in [2.05, 4.69) is 4.98 Å². The first-order valence-corrected chi connectivity index (χ1v) is 10.7. The van der Waals surface area contributed by atoms with Gasteiger partial charge in [-0.05, 0) is 66.1 Å². The summed E-state index contributed by atoms with van der Waals surface area (Å²) < 4.78 is 5.73. The fourth-order valence-electron chi connectivity index (χ4n) is 4.49. The van der Waals surface area contributed by atoms with Gasteiger partial charge in [-0.2, -0.15) is 0 Å². The van der Waals surface area contributed by atoms with E-state index in [1.165, 1.54) is 17.0 Å². The molecule has 2 atom stereocenters. The molecule has 1 amide bonds. The molecule has 33 heavy (non-hydrogen) atoms. The van der Waals surface area contributed by atoms with Crippen LogP contribution in [0, 0.1) is 0 Å². The molecule has 7 heteroatoms. The summed E-state index contributed by atoms with van der Waals surface area (Å²) in [5, 5.41) is 21.3. The lowest BCUT2D eigenvalue weighted by atomic mass is 9.94. The van der Waals surface area contributed by atoms with Gasteiger partial charge in [0.1, 0.15) is 23.4 Å². The normalized spacial score (nSPS) is 21.2. The van der Waals surface area contributed by atoms with Gasteiger partial charge in [0.25, 0.3) is 11.7 Å². The van der Waals surface area contributed by atoms with Gasteiger partial charge in [-0.25, -0.2) is 0 Å². The molecule has 7 nitrogen and oxygen atoms in total. The van der Waals surface area contributed by atoms with Crippen molar-refractivity contribution < 1.29 is 24.5 Å². The molecular formula is C26H22N2O5. The first-order valence-electron chi connectivity index (χ1n) is 10.7. The predicted molar refractivity (Wildman–Crippen MR) is 120 cm³/mol. The third-order valence-electron chi connectivity index (χ3n) is 6.00. The van der Waals surface area contributed by atoms with Crippen LogP contribution in [0.1, 0.15) is 35.2 Å². The van der Waals surface area contributed by atoms with Gasteiger partial charge in [-0.1, -0.05) is 12.1 Å². The number of benzene rings is 2. The van der Waals surface area contributed by atoms with Gasteiger partial charge in [-0.15, -0.1) is 0 Å². The van der Waals surface area contributed by atoms with Crippen molar-refractivity contribution in [2.75, 3.05) is 0 Å². The Kier molecular flexibility index (Phi) is 5.09. The number of rotatable bonds is 4. The number of aromatic nitrogens is 1. The number of carbonyl (C=O) groups is 2. The van der Waals surface area contributed by atoms with Crippen LogP contribution in [-0.2, 0) is 22.6 Å². The van der Waals surface area contributed by atoms with E-state index in [4.69, 9.17) is 4.74 Å². The van der Waals surface area contributed by atoms with Gasteiger partial charge in [0.15, 0.2) is 0 Å². The number of phenols is 1. The van der Waals surface area contributed by atoms with Crippen LogP contribution in [0.5, 0.6) is 11.5 Å². The van der Waals surface area contributed by atoms with E-state index in [1.54, 1.807) is 54.9 Å². The first kappa shape index (κ1) is 20.8. The lowest BCUT2D eigenvalue weighted by Crippen LogP contribution is -2.29. The SMILES string of the molecule is C[C@H]1Cc2cc(C(O)=C3C(=O)C(=O)N(Cc4ccncc4)[C@@H]3c3cccc(O)c3)ccc2O1. The zero-order valence-corrected chi connectivity index (χ0v) is 17.9. The minimum atomic E-state index is -0.853. The highest BCUT2D eigenvalue weighted by Crippen LogP contribution is 2.41. The van der Waals surface area contributed by atoms with Crippen molar-refractivity contribution in [1.82, 2.24) is 9.88 Å². The smallest absolute Gasteiger partial charge is 0.295 e. The van der Waals surface area contributed by atoms with Crippen LogP contribution < -0.4 is 4.74 Å². The zero-order valence-electron chi connectivity index (χ0n) is 17.9. The molecule has 2 aromatic carbocycles. The zero-order chi connectivity index (χ0) is 23.1. The molecule has 5 rings (SSSR count). The molecule has 0 aliphatic carbocycles. The van der Waals surface area contributed by atoms with Crippen molar-refractivity contribution in [2.45, 2.75) is 32.0 Å². The molecule has 166 valence electrons. The number of Topliss-reactive ketones (excluding diaryl/α,β-unsaturated/α-hetero) is 1. The van der Waals surface area contributed by atoms with E-state index in [1.807, 2.05) is 6.92 Å². The van der Waals surface area contributed by atoms with Crippen LogP contribution >= 0.6 is 0 Å². The number of phenolic OH excluding ortho intramolecular Hbond substituents is 1. The van der Waals surface area contributed by atoms with Crippen molar-refractivity contribution >= 4 is 17.4 Å². The highest BCUT2D eigenvalue weighted by atomic mass is 16.5. The second-order valence-electron chi connectivity index (χ2n) is 8.33. The monoisotopic (exact) mass is 442 g/mol. The number of nitrogens with zero attached hydrogens (tertiary/aromatic N) is 2. The van der Waals surface area contributed by atoms with Gasteiger partial charge >= 0.3 is 0 Å². The number of ketones is 1. The lowest BCUT2D eigenvalue weighted by molar-refractivity contribution is -0.140. The van der Waals surface area contributed by atoms with E-state index in [-0.39, 0.29) is 29.7 Å². The summed E-state index contributed by atoms with van der Waals surface area (Å²) in [5.74, 6) is -0.964. The maximum atomic E-state index is 13.2. The minimum absolute atomic E-state index is 0.00525. The van der Waals surface area contributed by atoms with E-state index < -0.39 is 17.7 Å². The summed E-state index contributed by atoms with van der Waals surface area (Å²) in [4.78, 5) is 31.7. The van der Waals surface area contributed by atoms with Gasteiger partial charge in [0.05, 0.1) is 11.6 Å². The molecule has 0 unspecified atom stereocenters. The molecule has 2 N–H and O–H groups in total. The van der Waals surface area contributed by atoms with Gasteiger partial charge in [0.2, 0.25) is 0 Å². The number of likely N-dealkylation sites (tertiary alicyclic amines) is 1. The number of aromatic hydroxyl groups is 1. The Morgan fingerprint density at radius 3 is 2.67 bits per heavy atom. The average Bonchev–Trinajstić information content (AvgIpc) is 3.30. The van der Waals surface area contributed by atoms with E-state index >= 15 is 0 Å². The van der Waals surface area contributed by atoms with Crippen molar-refractivity contribution in [2.24, 2.45) is 0 Å². The summed E-state index contributed by atoms with van der Waals surface area (Å²) in [7, 11) is 0. The standard InChI is InChI=1S/C26H22N2O5/c1-15-11-19-12-18(5-6-21(19)33-15)24(30)22-23(17-3-2-4-20(29)13-17)28(26(32)25(22)31)14-16-7-9-27-10-8-16/h2-10,12-13,15,23,29-30H,11,14H2,1H3/t15-,23+/m0/s1. The lowest BCUT2D eigenvalue weighted by Gasteiger charge is -2.25. The highest BCUT2D eigenvalue weighted by Gasteiger charge is 2.46. The molecule has 1 aromatic heterocycles. The Hall–Kier alpha value is -4.13. The van der Waals surface area contributed by atoms with Crippen LogP contribution in [-0.4, -0.2) is 37.9 Å². The fourth-order valence-corrected chi connectivity index (χ4v) is 4.49. The molecule has 0 radical (unpaired) electrons. The second kappa shape index (κ2) is 8.09. The molecule has 0 saturated carbocycles. The van der Waals surface area contributed by atoms with Crippen LogP contribution in [0.4, 0.5) is 0 Å². The minimum Gasteiger partial charge on any atom is -0.508 e. The molecule has 3 heterocycles. The average molecular weight is 442 g/mol. The Morgan fingerprint density at radius 2 is 1.91 bits per heavy atom. The molecular weight excluding hydrogens is 420 g/mol. The van der Waals surface area contributed by atoms with Crippen molar-refractivity contribution in [1.29, 1.82) is 0 Å². The Bertz CT molecular complexity index is 1280. The summed E-state index contributed by atoms with van der Waals surface area (Å²) in [6.45, 7) is 2.12. The number of fused-ring (bicyclic) bond motifs is 1. The summed E-state index contributed by atoms with van der Waals surface area (Å²) in [6, 6.07) is 14.3. The summed E-state index contributed by atoms with van der Waals surface area (Å²) >= 11 is 0. The van der Waals surface area contributed by atoms with Crippen molar-refractivity contribution in [3.63, 3.8) is 0 Å². The number of aliphatic hydroxyl groups excluding tert-OH is 1. The molecule has 0 bridgehead atoms. The quantitative estimate of drug-likeness (QED) is 0.363. The van der Waals surface area contributed by atoms with Crippen LogP contribution in [0.3, 0.4) is 0 Å². The number of amides is 1. The number of hydrogen-bond acceptors (Lipinski definition) is 6. The maximum Gasteiger partial charge on any atom is 0.295 e. The predicted octanol–water partition coefficient (Wildman–Crippen LogP) is 3.73. The molecule has 1 fully saturated rings. The summed E-state index contributed by atoms with van der Waals surface area (Å²) in [5.41, 5.74) is 2.69. The summed E-state index contributed by atoms with van der Waals surface area (Å²) in [6.07, 6.45) is 3.96. The first-order chi connectivity index (χ1) is 15.9. The topological polar surface area (TPSA) is 100.0 Å². The number of carbonyl (C=O) groups excluding carboxylic acids is 2. The number of aliphatic hydroxyl groups is 1. The Morgan fingerprint density at radius 1 is 1.12 bits per heavy atom. The Labute approximate surface area is 190 Å². The van der Waals surface area contributed by atoms with Crippen LogP contribution in [0.15, 0.2) is 72.6 Å².